The Morgan fingerprint density at radius 2 is 1.74 bits per heavy atom. The number of hydrogen-bond acceptors (Lipinski definition) is 9. The Labute approximate surface area is 196 Å². The molecule has 1 aromatic carbocycles. The van der Waals surface area contributed by atoms with E-state index in [0.717, 1.165) is 13.3 Å². The minimum atomic E-state index is -2.78. The summed E-state index contributed by atoms with van der Waals surface area (Å²) >= 11 is 0. The smallest absolute Gasteiger partial charge is 0.0355 e. The van der Waals surface area contributed by atoms with Gasteiger partial charge in [-0.25, -0.2) is 0 Å². The third kappa shape index (κ3) is 9.22. The first-order valence-corrected chi connectivity index (χ1v) is 17.9. The van der Waals surface area contributed by atoms with E-state index in [1.165, 1.54) is 19.2 Å². The number of benzene rings is 1. The standard InChI is InChI=1S/C21H35N2O9Si.Rf/c1-6-12-28-20-15-18(23(25)26)17(14-19(20)27-5)16-29-21(24)22-11-10-13-33(30-7-2,31-8-3)32-9-4;/h14-15H,1,6-13,16H2,2-5H3,(H,22,24);. The van der Waals surface area contributed by atoms with E-state index in [2.05, 4.69) is 5.32 Å². The summed E-state index contributed by atoms with van der Waals surface area (Å²) in [5.74, 6) is 0.657. The number of nitro groups is 1. The van der Waals surface area contributed by atoms with Crippen LogP contribution in [0.15, 0.2) is 12.1 Å². The van der Waals surface area contributed by atoms with E-state index in [1.807, 2.05) is 20.8 Å². The molecule has 0 spiro atoms. The summed E-state index contributed by atoms with van der Waals surface area (Å²) < 4.78 is 34.1. The van der Waals surface area contributed by atoms with Gasteiger partial charge in [-0.05, 0) is 27.2 Å². The Morgan fingerprint density at radius 1 is 1.09 bits per heavy atom. The van der Waals surface area contributed by atoms with Crippen LogP contribution in [0.25, 0.3) is 0 Å². The summed E-state index contributed by atoms with van der Waals surface area (Å²) in [6.45, 7) is 8.74. The zero-order valence-corrected chi connectivity index (χ0v) is 28.0. The molecular weight excluding hydrogens is 719 g/mol. The Bertz CT molecular complexity index is 753. The van der Waals surface area contributed by atoms with E-state index in [4.69, 9.17) is 27.5 Å². The van der Waals surface area contributed by atoms with Crippen LogP contribution in [0.5, 0.6) is 11.5 Å². The summed E-state index contributed by atoms with van der Waals surface area (Å²) in [5.41, 5.74) is 0.0200. The van der Waals surface area contributed by atoms with Crippen LogP contribution in [0.3, 0.4) is 0 Å². The number of nitrogens with zero attached hydrogens (tertiary/aromatic N) is 1. The zero-order valence-electron chi connectivity index (χ0n) is 20.6. The maximum Gasteiger partial charge on any atom is 0.0355 e. The molecule has 1 rings (SSSR count). The molecule has 1 N–H and O–H groups in total. The Morgan fingerprint density at radius 3 is 2.26 bits per heavy atom. The SMILES string of the molecule is CCO[Si](CCCNC(=O)OCc1cc(OC)c(OCC[CH2][Rf])cc1[N+](=O)[O-])(OCC)OCC. The van der Waals surface area contributed by atoms with Crippen LogP contribution >= 0.6 is 0 Å². The maximum atomic E-state index is 12.2. The summed E-state index contributed by atoms with van der Waals surface area (Å²) in [4.78, 5) is 23.2. The van der Waals surface area contributed by atoms with Crippen LogP contribution in [0.2, 0.25) is 13.0 Å². The second-order valence-electron chi connectivity index (χ2n) is 7.03. The zero-order chi connectivity index (χ0) is 25.4. The number of rotatable bonds is 18. The normalized spacial score (nSPS) is 11.2. The fourth-order valence-electron chi connectivity index (χ4n) is 3.12. The van der Waals surface area contributed by atoms with Crippen LogP contribution in [-0.2, 0) is 24.6 Å². The molecule has 0 atom stereocenters. The molecule has 1 amide bonds. The van der Waals surface area contributed by atoms with Crippen molar-refractivity contribution in [3.05, 3.63) is 27.8 Å². The molecule has 0 radical (unpaired) electrons. The fraction of sp³-hybridized carbons (Fsp3) is 0.667. The molecule has 0 aliphatic heterocycles. The number of nitro benzene ring substituents is 1. The Balaban J connectivity index is 2.69. The number of carbonyl (C=O) groups excluding carboxylic acids is 1. The number of methoxy groups -OCH3 is 1. The van der Waals surface area contributed by atoms with Crippen molar-refractivity contribution in [2.75, 3.05) is 40.1 Å². The summed E-state index contributed by atoms with van der Waals surface area (Å²) in [7, 11) is -1.32. The third-order valence-electron chi connectivity index (χ3n) is 4.59. The monoisotopic (exact) mass is 754 g/mol. The van der Waals surface area contributed by atoms with Gasteiger partial charge >= 0.3 is 123 Å². The predicted molar refractivity (Wildman–Crippen MR) is 123 cm³/mol. The van der Waals surface area contributed by atoms with Crippen molar-refractivity contribution in [1.29, 1.82) is 0 Å². The molecule has 34 heavy (non-hydrogen) atoms. The van der Waals surface area contributed by atoms with Gasteiger partial charge < -0.3 is 13.3 Å². The number of alkyl carbamates (subject to hydrolysis) is 1. The van der Waals surface area contributed by atoms with Gasteiger partial charge in [-0.2, -0.15) is 0 Å². The molecule has 1 aromatic rings. The molecule has 0 aliphatic rings. The van der Waals surface area contributed by atoms with E-state index in [1.54, 1.807) is 0 Å². The van der Waals surface area contributed by atoms with Gasteiger partial charge in [-0.1, -0.05) is 0 Å². The van der Waals surface area contributed by atoms with Gasteiger partial charge in [0.05, 0.1) is 0 Å². The molecule has 0 saturated heterocycles. The van der Waals surface area contributed by atoms with Gasteiger partial charge in [0.1, 0.15) is 0 Å². The van der Waals surface area contributed by atoms with E-state index in [0.29, 0.717) is 56.9 Å². The van der Waals surface area contributed by atoms with Crippen molar-refractivity contribution in [2.24, 2.45) is 0 Å². The second kappa shape index (κ2) is 15.4. The van der Waals surface area contributed by atoms with Gasteiger partial charge in [0.15, 0.2) is 0 Å². The van der Waals surface area contributed by atoms with Crippen molar-refractivity contribution in [3.8, 4) is 11.5 Å². The maximum absolute atomic E-state index is 12.2. The van der Waals surface area contributed by atoms with Crippen molar-refractivity contribution in [1.82, 2.24) is 5.32 Å². The predicted octanol–water partition coefficient (Wildman–Crippen LogP) is 4.00. The van der Waals surface area contributed by atoms with Crippen molar-refractivity contribution < 1.29 is 37.2 Å². The Hall–Kier alpha value is -3.41. The number of nitrogens with one attached hydrogen (secondary N) is 1. The molecule has 0 aliphatic carbocycles. The molecule has 189 valence electrons. The van der Waals surface area contributed by atoms with Crippen LogP contribution in [0.1, 0.15) is 39.2 Å². The quantitative estimate of drug-likeness (QED) is 0.102. The summed E-state index contributed by atoms with van der Waals surface area (Å²) in [6, 6.07) is 3.33. The number of ether oxygens (including phenoxy) is 3. The van der Waals surface area contributed by atoms with Crippen LogP contribution in [0, 0.1) is 10.1 Å². The molecule has 13 heteroatoms. The molecule has 0 aromatic heterocycles. The van der Waals surface area contributed by atoms with Gasteiger partial charge in [0.2, 0.25) is 0 Å². The minimum Gasteiger partial charge on any atom is -0.374 e. The molecule has 0 saturated carbocycles. The first-order chi connectivity index (χ1) is 16.4. The fourth-order valence-corrected chi connectivity index (χ4v) is 6.66. The van der Waals surface area contributed by atoms with Gasteiger partial charge in [-0.15, -0.1) is 0 Å². The number of amides is 1. The third-order valence-corrected chi connectivity index (χ3v) is 10.0. The van der Waals surface area contributed by atoms with Crippen LogP contribution in [0.4, 0.5) is 10.5 Å². The largest absolute Gasteiger partial charge is 0.374 e. The summed E-state index contributed by atoms with van der Waals surface area (Å²) in [6.07, 6.45) is 0.795. The van der Waals surface area contributed by atoms with E-state index < -0.39 is 19.8 Å². The van der Waals surface area contributed by atoms with Gasteiger partial charge in [0, 0.05) is 32.4 Å². The van der Waals surface area contributed by atoms with Crippen LogP contribution < -0.4 is 14.8 Å². The molecule has 0 bridgehead atoms. The van der Waals surface area contributed by atoms with E-state index in [9.17, 15) is 14.9 Å². The first kappa shape index (κ1) is 28.6. The molecule has 0 unspecified atom stereocenters. The van der Waals surface area contributed by atoms with E-state index in [-0.39, 0.29) is 17.9 Å². The molecular formula is C21H35N2O9RfSi. The van der Waals surface area contributed by atoms with Crippen molar-refractivity contribution in [3.63, 3.8) is 0 Å². The Kier molecular flexibility index (Phi) is 13.0. The van der Waals surface area contributed by atoms with Crippen molar-refractivity contribution in [2.45, 2.75) is 53.2 Å². The van der Waals surface area contributed by atoms with Gasteiger partial charge in [0.25, 0.3) is 0 Å². The summed E-state index contributed by atoms with van der Waals surface area (Å²) in [5, 5.41) is 14.2. The number of hydrogen-bond donors (Lipinski definition) is 1. The molecule has 0 fully saturated rings. The molecule has 11 nitrogen and oxygen atoms in total. The minimum absolute atomic E-state index is 0.194. The van der Waals surface area contributed by atoms with Crippen molar-refractivity contribution >= 4 is 20.6 Å². The second-order valence-corrected chi connectivity index (χ2v) is 13.0. The van der Waals surface area contributed by atoms with Gasteiger partial charge in [-0.3, -0.25) is 0 Å². The number of carbonyl (C=O) groups is 1. The first-order valence-electron chi connectivity index (χ1n) is 11.5. The topological polar surface area (TPSA) is 128 Å². The van der Waals surface area contributed by atoms with Crippen LogP contribution in [-0.4, -0.2) is 59.9 Å². The average molecular weight is 755 g/mol. The van der Waals surface area contributed by atoms with E-state index >= 15 is 0 Å². The average Bonchev–Trinajstić information content (AvgIpc) is 2.81. The molecule has 0 heterocycles.